The van der Waals surface area contributed by atoms with Gasteiger partial charge in [0.1, 0.15) is 0 Å². The second-order valence-electron chi connectivity index (χ2n) is 5.34. The summed E-state index contributed by atoms with van der Waals surface area (Å²) in [6, 6.07) is 6.49. The number of non-ortho nitro benzene ring substituents is 1. The number of nitrogens with zero attached hydrogens (tertiary/aromatic N) is 1. The fraction of sp³-hybridized carbons (Fsp3) is 0.533. The number of piperidine rings is 1. The number of rotatable bonds is 5. The lowest BCUT2D eigenvalue weighted by atomic mass is 9.94. The van der Waals surface area contributed by atoms with E-state index in [-0.39, 0.29) is 23.6 Å². The maximum atomic E-state index is 12.4. The molecular weight excluding hydrogens is 270 g/mol. The van der Waals surface area contributed by atoms with Crippen molar-refractivity contribution in [3.05, 3.63) is 39.9 Å². The van der Waals surface area contributed by atoms with E-state index >= 15 is 0 Å². The third-order valence-corrected chi connectivity index (χ3v) is 3.92. The molecule has 21 heavy (non-hydrogen) atoms. The Labute approximate surface area is 124 Å². The molecule has 114 valence electrons. The second-order valence-corrected chi connectivity index (χ2v) is 5.34. The fourth-order valence-corrected chi connectivity index (χ4v) is 2.67. The minimum atomic E-state index is -0.431. The van der Waals surface area contributed by atoms with Crippen LogP contribution in [0, 0.1) is 10.1 Å². The van der Waals surface area contributed by atoms with Gasteiger partial charge >= 0.3 is 0 Å². The summed E-state index contributed by atoms with van der Waals surface area (Å²) in [4.78, 5) is 22.6. The Morgan fingerprint density at radius 2 is 2.00 bits per heavy atom. The molecule has 1 aliphatic heterocycles. The Hall–Kier alpha value is -1.95. The SMILES string of the molecule is CCC(C(=O)NC1CCNCC1)c1ccc([N+](=O)[O-])cc1. The van der Waals surface area contributed by atoms with E-state index in [1.807, 2.05) is 6.92 Å². The van der Waals surface area contributed by atoms with E-state index in [0.717, 1.165) is 31.5 Å². The lowest BCUT2D eigenvalue weighted by Gasteiger charge is -2.26. The summed E-state index contributed by atoms with van der Waals surface area (Å²) >= 11 is 0. The lowest BCUT2D eigenvalue weighted by molar-refractivity contribution is -0.384. The van der Waals surface area contributed by atoms with Crippen LogP contribution < -0.4 is 10.6 Å². The first kappa shape index (κ1) is 15.4. The van der Waals surface area contributed by atoms with E-state index in [1.165, 1.54) is 12.1 Å². The Morgan fingerprint density at radius 1 is 1.38 bits per heavy atom. The first-order valence-electron chi connectivity index (χ1n) is 7.37. The third-order valence-electron chi connectivity index (χ3n) is 3.92. The highest BCUT2D eigenvalue weighted by molar-refractivity contribution is 5.83. The van der Waals surface area contributed by atoms with Crippen molar-refractivity contribution in [3.8, 4) is 0 Å². The topological polar surface area (TPSA) is 84.3 Å². The van der Waals surface area contributed by atoms with Gasteiger partial charge < -0.3 is 10.6 Å². The quantitative estimate of drug-likeness (QED) is 0.641. The summed E-state index contributed by atoms with van der Waals surface area (Å²) in [7, 11) is 0. The molecule has 0 saturated carbocycles. The van der Waals surface area contributed by atoms with Crippen molar-refractivity contribution in [2.45, 2.75) is 38.1 Å². The molecule has 6 heteroatoms. The van der Waals surface area contributed by atoms with Crippen molar-refractivity contribution < 1.29 is 9.72 Å². The molecule has 1 unspecified atom stereocenters. The molecule has 1 aliphatic rings. The summed E-state index contributed by atoms with van der Waals surface area (Å²) in [6.45, 7) is 3.81. The highest BCUT2D eigenvalue weighted by Gasteiger charge is 2.23. The van der Waals surface area contributed by atoms with Crippen molar-refractivity contribution in [1.82, 2.24) is 10.6 Å². The van der Waals surface area contributed by atoms with Crippen LogP contribution in [0.5, 0.6) is 0 Å². The van der Waals surface area contributed by atoms with E-state index in [4.69, 9.17) is 0 Å². The average Bonchev–Trinajstić information content (AvgIpc) is 2.49. The molecule has 1 aromatic rings. The summed E-state index contributed by atoms with van der Waals surface area (Å²) in [6.07, 6.45) is 2.57. The molecule has 1 heterocycles. The van der Waals surface area contributed by atoms with Crippen LogP contribution in [-0.4, -0.2) is 30.0 Å². The van der Waals surface area contributed by atoms with Crippen LogP contribution >= 0.6 is 0 Å². The molecule has 1 saturated heterocycles. The fourth-order valence-electron chi connectivity index (χ4n) is 2.67. The van der Waals surface area contributed by atoms with Crippen LogP contribution in [0.2, 0.25) is 0 Å². The molecule has 2 rings (SSSR count). The molecule has 0 aliphatic carbocycles. The molecule has 1 aromatic carbocycles. The predicted molar refractivity (Wildman–Crippen MR) is 80.2 cm³/mol. The molecule has 2 N–H and O–H groups in total. The summed E-state index contributed by atoms with van der Waals surface area (Å²) in [5.41, 5.74) is 0.877. The Morgan fingerprint density at radius 3 is 2.52 bits per heavy atom. The van der Waals surface area contributed by atoms with E-state index in [9.17, 15) is 14.9 Å². The predicted octanol–water partition coefficient (Wildman–Crippen LogP) is 1.96. The van der Waals surface area contributed by atoms with Crippen LogP contribution in [0.25, 0.3) is 0 Å². The number of hydrogen-bond donors (Lipinski definition) is 2. The number of nitro groups is 1. The van der Waals surface area contributed by atoms with Crippen LogP contribution in [0.1, 0.15) is 37.7 Å². The van der Waals surface area contributed by atoms with Gasteiger partial charge in [0, 0.05) is 18.2 Å². The summed E-state index contributed by atoms with van der Waals surface area (Å²) < 4.78 is 0. The standard InChI is InChI=1S/C15H21N3O3/c1-2-14(11-3-5-13(6-4-11)18(20)21)15(19)17-12-7-9-16-10-8-12/h3-6,12,14,16H,2,7-10H2,1H3,(H,17,19). The van der Waals surface area contributed by atoms with E-state index in [0.29, 0.717) is 6.42 Å². The lowest BCUT2D eigenvalue weighted by Crippen LogP contribution is -2.44. The smallest absolute Gasteiger partial charge is 0.269 e. The van der Waals surface area contributed by atoms with Crippen molar-refractivity contribution in [2.24, 2.45) is 0 Å². The zero-order chi connectivity index (χ0) is 15.2. The number of benzene rings is 1. The van der Waals surface area contributed by atoms with Gasteiger partial charge in [0.2, 0.25) is 5.91 Å². The number of amides is 1. The summed E-state index contributed by atoms with van der Waals surface area (Å²) in [5, 5.41) is 17.0. The van der Waals surface area contributed by atoms with Gasteiger partial charge in [-0.1, -0.05) is 19.1 Å². The largest absolute Gasteiger partial charge is 0.353 e. The van der Waals surface area contributed by atoms with Crippen LogP contribution in [-0.2, 0) is 4.79 Å². The summed E-state index contributed by atoms with van der Waals surface area (Å²) in [5.74, 6) is -0.237. The first-order chi connectivity index (χ1) is 10.1. The first-order valence-corrected chi connectivity index (χ1v) is 7.37. The van der Waals surface area contributed by atoms with Gasteiger partial charge in [-0.25, -0.2) is 0 Å². The monoisotopic (exact) mass is 291 g/mol. The minimum Gasteiger partial charge on any atom is -0.353 e. The average molecular weight is 291 g/mol. The molecule has 0 spiro atoms. The zero-order valence-corrected chi connectivity index (χ0v) is 12.2. The van der Waals surface area contributed by atoms with Crippen molar-refractivity contribution in [3.63, 3.8) is 0 Å². The highest BCUT2D eigenvalue weighted by Crippen LogP contribution is 2.23. The Balaban J connectivity index is 2.03. The number of nitrogens with one attached hydrogen (secondary N) is 2. The van der Waals surface area contributed by atoms with Gasteiger partial charge in [-0.2, -0.15) is 0 Å². The van der Waals surface area contributed by atoms with Gasteiger partial charge in [-0.3, -0.25) is 14.9 Å². The number of hydrogen-bond acceptors (Lipinski definition) is 4. The normalized spacial score (nSPS) is 17.2. The van der Waals surface area contributed by atoms with E-state index < -0.39 is 4.92 Å². The van der Waals surface area contributed by atoms with Gasteiger partial charge in [-0.15, -0.1) is 0 Å². The van der Waals surface area contributed by atoms with Crippen LogP contribution in [0.3, 0.4) is 0 Å². The van der Waals surface area contributed by atoms with Crippen molar-refractivity contribution in [2.75, 3.05) is 13.1 Å². The van der Waals surface area contributed by atoms with Crippen LogP contribution in [0.4, 0.5) is 5.69 Å². The molecular formula is C15H21N3O3. The van der Waals surface area contributed by atoms with Gasteiger partial charge in [0.15, 0.2) is 0 Å². The zero-order valence-electron chi connectivity index (χ0n) is 12.2. The number of carbonyl (C=O) groups is 1. The van der Waals surface area contributed by atoms with Crippen LogP contribution in [0.15, 0.2) is 24.3 Å². The molecule has 0 radical (unpaired) electrons. The second kappa shape index (κ2) is 7.17. The molecule has 0 aromatic heterocycles. The highest BCUT2D eigenvalue weighted by atomic mass is 16.6. The van der Waals surface area contributed by atoms with Gasteiger partial charge in [-0.05, 0) is 37.9 Å². The maximum absolute atomic E-state index is 12.4. The Bertz CT molecular complexity index is 495. The minimum absolute atomic E-state index is 0.0123. The molecule has 1 amide bonds. The molecule has 6 nitrogen and oxygen atoms in total. The number of carbonyl (C=O) groups excluding carboxylic acids is 1. The maximum Gasteiger partial charge on any atom is 0.269 e. The Kier molecular flexibility index (Phi) is 5.27. The third kappa shape index (κ3) is 4.01. The molecule has 1 atom stereocenters. The molecule has 0 bridgehead atoms. The van der Waals surface area contributed by atoms with Gasteiger partial charge in [0.25, 0.3) is 5.69 Å². The molecule has 1 fully saturated rings. The van der Waals surface area contributed by atoms with Crippen molar-refractivity contribution in [1.29, 1.82) is 0 Å². The van der Waals surface area contributed by atoms with Gasteiger partial charge in [0.05, 0.1) is 10.8 Å². The van der Waals surface area contributed by atoms with E-state index in [2.05, 4.69) is 10.6 Å². The van der Waals surface area contributed by atoms with E-state index in [1.54, 1.807) is 12.1 Å². The van der Waals surface area contributed by atoms with Crippen molar-refractivity contribution >= 4 is 11.6 Å². The number of nitro benzene ring substituents is 1.